The zero-order valence-electron chi connectivity index (χ0n) is 25.0. The molecule has 2 aliphatic heterocycles. The van der Waals surface area contributed by atoms with Crippen LogP contribution in [-0.4, -0.2) is 68.7 Å². The summed E-state index contributed by atoms with van der Waals surface area (Å²) >= 11 is 0. The predicted molar refractivity (Wildman–Crippen MR) is 163 cm³/mol. The first-order valence-electron chi connectivity index (χ1n) is 15.0. The van der Waals surface area contributed by atoms with E-state index < -0.39 is 0 Å². The number of amides is 1. The summed E-state index contributed by atoms with van der Waals surface area (Å²) in [7, 11) is 3.39. The van der Waals surface area contributed by atoms with E-state index in [1.807, 2.05) is 43.3 Å². The number of hydrogen-bond acceptors (Lipinski definition) is 6. The maximum Gasteiger partial charge on any atom is 0.310 e. The van der Waals surface area contributed by atoms with Crippen LogP contribution in [-0.2, 0) is 21.5 Å². The third-order valence-electron chi connectivity index (χ3n) is 8.79. The van der Waals surface area contributed by atoms with Gasteiger partial charge in [0.05, 0.1) is 26.7 Å². The Hall–Kier alpha value is -3.84. The van der Waals surface area contributed by atoms with E-state index in [9.17, 15) is 9.59 Å². The molecule has 0 aromatic heterocycles. The topological polar surface area (TPSA) is 68.3 Å². The summed E-state index contributed by atoms with van der Waals surface area (Å²) < 4.78 is 16.1. The third-order valence-corrected chi connectivity index (χ3v) is 8.79. The molecule has 0 saturated carbocycles. The molecule has 0 radical (unpaired) electrons. The standard InChI is InChI=1S/C35H42N2O5/c1-4-42-34(39)28-7-5-22-37(24-28)33(38)27-10-8-26(9-11-27)23-36-21-6-20-35(25-36,29-12-16-31(40-2)17-13-29)30-14-18-32(41-3)19-15-30/h8-19,28H,4-7,20-25H2,1-3H3. The van der Waals surface area contributed by atoms with E-state index in [2.05, 4.69) is 41.3 Å². The number of rotatable bonds is 9. The molecular weight excluding hydrogens is 528 g/mol. The van der Waals surface area contributed by atoms with E-state index in [-0.39, 0.29) is 23.2 Å². The molecule has 2 fully saturated rings. The molecule has 3 aromatic carbocycles. The molecule has 3 aromatic rings. The smallest absolute Gasteiger partial charge is 0.310 e. The highest BCUT2D eigenvalue weighted by Crippen LogP contribution is 2.42. The molecule has 1 amide bonds. The molecule has 42 heavy (non-hydrogen) atoms. The molecule has 2 saturated heterocycles. The Bertz CT molecular complexity index is 1290. The average Bonchev–Trinajstić information content (AvgIpc) is 3.05. The van der Waals surface area contributed by atoms with Crippen molar-refractivity contribution in [1.82, 2.24) is 9.80 Å². The summed E-state index contributed by atoms with van der Waals surface area (Å²) in [5.74, 6) is 1.25. The molecule has 0 bridgehead atoms. The Labute approximate surface area is 249 Å². The van der Waals surface area contributed by atoms with Gasteiger partial charge >= 0.3 is 5.97 Å². The van der Waals surface area contributed by atoms with Crippen LogP contribution < -0.4 is 9.47 Å². The van der Waals surface area contributed by atoms with Gasteiger partial charge in [0.2, 0.25) is 0 Å². The molecule has 0 aliphatic carbocycles. The summed E-state index contributed by atoms with van der Waals surface area (Å²) in [6.07, 6.45) is 3.71. The minimum atomic E-state index is -0.238. The number of nitrogens with zero attached hydrogens (tertiary/aromatic N) is 2. The van der Waals surface area contributed by atoms with Gasteiger partial charge in [0, 0.05) is 37.2 Å². The Morgan fingerprint density at radius 3 is 2.02 bits per heavy atom. The van der Waals surface area contributed by atoms with Gasteiger partial charge in [0.1, 0.15) is 11.5 Å². The fraction of sp³-hybridized carbons (Fsp3) is 0.429. The van der Waals surface area contributed by atoms with E-state index >= 15 is 0 Å². The summed E-state index contributed by atoms with van der Waals surface area (Å²) in [5.41, 5.74) is 4.24. The summed E-state index contributed by atoms with van der Waals surface area (Å²) in [6, 6.07) is 25.0. The molecular formula is C35H42N2O5. The average molecular weight is 571 g/mol. The Balaban J connectivity index is 1.31. The molecule has 7 heteroatoms. The van der Waals surface area contributed by atoms with Crippen LogP contribution in [0, 0.1) is 5.92 Å². The SMILES string of the molecule is CCOC(=O)C1CCCN(C(=O)c2ccc(CN3CCCC(c4ccc(OC)cc4)(c4ccc(OC)cc4)C3)cc2)C1. The van der Waals surface area contributed by atoms with Crippen molar-refractivity contribution in [3.8, 4) is 11.5 Å². The van der Waals surface area contributed by atoms with Crippen LogP contribution in [0.1, 0.15) is 59.7 Å². The number of carbonyl (C=O) groups excluding carboxylic acids is 2. The van der Waals surface area contributed by atoms with Crippen molar-refractivity contribution in [3.05, 3.63) is 95.1 Å². The number of piperidine rings is 2. The second-order valence-corrected chi connectivity index (χ2v) is 11.4. The van der Waals surface area contributed by atoms with Crippen LogP contribution in [0.15, 0.2) is 72.8 Å². The number of carbonyl (C=O) groups is 2. The second-order valence-electron chi connectivity index (χ2n) is 11.4. The van der Waals surface area contributed by atoms with Crippen molar-refractivity contribution in [1.29, 1.82) is 0 Å². The normalized spacial score (nSPS) is 18.7. The number of hydrogen-bond donors (Lipinski definition) is 0. The summed E-state index contributed by atoms with van der Waals surface area (Å²) in [6.45, 7) is 5.97. The molecule has 7 nitrogen and oxygen atoms in total. The van der Waals surface area contributed by atoms with Gasteiger partial charge in [0.25, 0.3) is 5.91 Å². The third kappa shape index (κ3) is 6.46. The minimum absolute atomic E-state index is 0.0217. The lowest BCUT2D eigenvalue weighted by Gasteiger charge is -2.44. The molecule has 0 spiro atoms. The maximum atomic E-state index is 13.3. The highest BCUT2D eigenvalue weighted by Gasteiger charge is 2.39. The van der Waals surface area contributed by atoms with Crippen molar-refractivity contribution in [2.75, 3.05) is 47.0 Å². The van der Waals surface area contributed by atoms with Gasteiger partial charge in [-0.15, -0.1) is 0 Å². The van der Waals surface area contributed by atoms with Gasteiger partial charge in [-0.25, -0.2) is 0 Å². The van der Waals surface area contributed by atoms with Gasteiger partial charge in [-0.3, -0.25) is 14.5 Å². The van der Waals surface area contributed by atoms with Crippen molar-refractivity contribution in [2.24, 2.45) is 5.92 Å². The zero-order chi connectivity index (χ0) is 29.5. The fourth-order valence-corrected chi connectivity index (χ4v) is 6.54. The van der Waals surface area contributed by atoms with Gasteiger partial charge in [-0.05, 0) is 92.2 Å². The molecule has 2 aliphatic rings. The van der Waals surface area contributed by atoms with Gasteiger partial charge in [-0.2, -0.15) is 0 Å². The Kier molecular flexibility index (Phi) is 9.48. The van der Waals surface area contributed by atoms with Crippen LogP contribution >= 0.6 is 0 Å². The van der Waals surface area contributed by atoms with Crippen LogP contribution in [0.25, 0.3) is 0 Å². The predicted octanol–water partition coefficient (Wildman–Crippen LogP) is 5.70. The van der Waals surface area contributed by atoms with Gasteiger partial charge in [0.15, 0.2) is 0 Å². The first kappa shape index (κ1) is 29.6. The number of benzene rings is 3. The Morgan fingerprint density at radius 2 is 1.45 bits per heavy atom. The highest BCUT2D eigenvalue weighted by molar-refractivity contribution is 5.94. The molecule has 2 heterocycles. The lowest BCUT2D eigenvalue weighted by Crippen LogP contribution is -2.46. The fourth-order valence-electron chi connectivity index (χ4n) is 6.54. The quantitative estimate of drug-likeness (QED) is 0.308. The van der Waals surface area contributed by atoms with Crippen molar-refractivity contribution < 1.29 is 23.8 Å². The van der Waals surface area contributed by atoms with E-state index in [1.54, 1.807) is 19.1 Å². The summed E-state index contributed by atoms with van der Waals surface area (Å²) in [5, 5.41) is 0. The zero-order valence-corrected chi connectivity index (χ0v) is 25.0. The van der Waals surface area contributed by atoms with Crippen molar-refractivity contribution in [3.63, 3.8) is 0 Å². The van der Waals surface area contributed by atoms with Gasteiger partial charge in [-0.1, -0.05) is 36.4 Å². The summed E-state index contributed by atoms with van der Waals surface area (Å²) in [4.78, 5) is 29.8. The molecule has 5 rings (SSSR count). The first-order valence-corrected chi connectivity index (χ1v) is 15.0. The van der Waals surface area contributed by atoms with Gasteiger partial charge < -0.3 is 19.1 Å². The number of ether oxygens (including phenoxy) is 3. The first-order chi connectivity index (χ1) is 20.5. The Morgan fingerprint density at radius 1 is 0.833 bits per heavy atom. The van der Waals surface area contributed by atoms with E-state index in [0.717, 1.165) is 56.8 Å². The molecule has 0 N–H and O–H groups in total. The van der Waals surface area contributed by atoms with Crippen LogP contribution in [0.4, 0.5) is 0 Å². The van der Waals surface area contributed by atoms with E-state index in [4.69, 9.17) is 14.2 Å². The van der Waals surface area contributed by atoms with E-state index in [1.165, 1.54) is 16.7 Å². The maximum absolute atomic E-state index is 13.3. The van der Waals surface area contributed by atoms with Crippen molar-refractivity contribution >= 4 is 11.9 Å². The van der Waals surface area contributed by atoms with Crippen LogP contribution in [0.2, 0.25) is 0 Å². The minimum Gasteiger partial charge on any atom is -0.497 e. The molecule has 1 atom stereocenters. The van der Waals surface area contributed by atoms with Crippen molar-refractivity contribution in [2.45, 2.75) is 44.6 Å². The lowest BCUT2D eigenvalue weighted by molar-refractivity contribution is -0.149. The number of likely N-dealkylation sites (tertiary alicyclic amines) is 2. The molecule has 222 valence electrons. The monoisotopic (exact) mass is 570 g/mol. The largest absolute Gasteiger partial charge is 0.497 e. The van der Waals surface area contributed by atoms with E-state index in [0.29, 0.717) is 25.3 Å². The van der Waals surface area contributed by atoms with Crippen LogP contribution in [0.5, 0.6) is 11.5 Å². The van der Waals surface area contributed by atoms with Crippen LogP contribution in [0.3, 0.4) is 0 Å². The highest BCUT2D eigenvalue weighted by atomic mass is 16.5. The lowest BCUT2D eigenvalue weighted by atomic mass is 9.69. The molecule has 1 unspecified atom stereocenters. The second kappa shape index (κ2) is 13.4. The number of methoxy groups -OCH3 is 2. The number of esters is 1.